The number of hydrogen-bond donors (Lipinski definition) is 2. The second-order valence-corrected chi connectivity index (χ2v) is 5.44. The summed E-state index contributed by atoms with van der Waals surface area (Å²) < 4.78 is 22.4. The number of sulfonamides is 1. The minimum Gasteiger partial charge on any atom is -0.506 e. The largest absolute Gasteiger partial charge is 0.506 e. The maximum atomic E-state index is 11.2. The third kappa shape index (κ3) is 2.42. The number of nitrogens with zero attached hydrogens (tertiary/aromatic N) is 2. The SMILES string of the molecule is NS(=O)(=O)c1cncc(-c2cncc(Cl)c2O)c1. The van der Waals surface area contributed by atoms with Gasteiger partial charge in [0.25, 0.3) is 0 Å². The molecule has 8 heteroatoms. The monoisotopic (exact) mass is 285 g/mol. The molecule has 0 aliphatic rings. The fourth-order valence-electron chi connectivity index (χ4n) is 1.36. The Bertz CT molecular complexity index is 703. The van der Waals surface area contributed by atoms with Gasteiger partial charge < -0.3 is 5.11 Å². The van der Waals surface area contributed by atoms with Gasteiger partial charge in [-0.25, -0.2) is 13.6 Å². The van der Waals surface area contributed by atoms with Crippen LogP contribution < -0.4 is 5.14 Å². The molecule has 0 aromatic carbocycles. The van der Waals surface area contributed by atoms with E-state index in [1.807, 2.05) is 0 Å². The van der Waals surface area contributed by atoms with Crippen molar-refractivity contribution in [3.8, 4) is 16.9 Å². The number of nitrogens with two attached hydrogens (primary N) is 1. The van der Waals surface area contributed by atoms with Gasteiger partial charge in [0.05, 0.1) is 0 Å². The molecule has 0 aliphatic heterocycles. The van der Waals surface area contributed by atoms with E-state index < -0.39 is 10.0 Å². The summed E-state index contributed by atoms with van der Waals surface area (Å²) in [6.45, 7) is 0. The molecule has 0 radical (unpaired) electrons. The van der Waals surface area contributed by atoms with Crippen LogP contribution in [0.4, 0.5) is 0 Å². The fraction of sp³-hybridized carbons (Fsp3) is 0. The highest BCUT2D eigenvalue weighted by Gasteiger charge is 2.13. The van der Waals surface area contributed by atoms with E-state index in [4.69, 9.17) is 16.7 Å². The van der Waals surface area contributed by atoms with Gasteiger partial charge in [0.1, 0.15) is 15.7 Å². The Morgan fingerprint density at radius 2 is 1.83 bits per heavy atom. The van der Waals surface area contributed by atoms with Crippen molar-refractivity contribution >= 4 is 21.6 Å². The Kier molecular flexibility index (Phi) is 3.20. The number of aromatic hydroxyl groups is 1. The van der Waals surface area contributed by atoms with Gasteiger partial charge >= 0.3 is 0 Å². The van der Waals surface area contributed by atoms with Crippen LogP contribution in [0.3, 0.4) is 0 Å². The summed E-state index contributed by atoms with van der Waals surface area (Å²) in [5.74, 6) is -0.194. The van der Waals surface area contributed by atoms with E-state index in [0.717, 1.165) is 6.20 Å². The first-order valence-electron chi connectivity index (χ1n) is 4.70. The zero-order chi connectivity index (χ0) is 13.3. The minimum absolute atomic E-state index is 0.0634. The maximum absolute atomic E-state index is 11.2. The van der Waals surface area contributed by atoms with Crippen molar-refractivity contribution in [1.82, 2.24) is 9.97 Å². The van der Waals surface area contributed by atoms with Crippen LogP contribution in [0.1, 0.15) is 0 Å². The second-order valence-electron chi connectivity index (χ2n) is 3.47. The lowest BCUT2D eigenvalue weighted by atomic mass is 10.1. The van der Waals surface area contributed by atoms with Crippen LogP contribution in [0.25, 0.3) is 11.1 Å². The zero-order valence-electron chi connectivity index (χ0n) is 8.91. The van der Waals surface area contributed by atoms with Crippen molar-refractivity contribution in [2.24, 2.45) is 5.14 Å². The molecule has 0 bridgehead atoms. The van der Waals surface area contributed by atoms with Crippen LogP contribution in [0.2, 0.25) is 5.02 Å². The van der Waals surface area contributed by atoms with Gasteiger partial charge in [0.15, 0.2) is 0 Å². The standard InChI is InChI=1S/C10H8ClN3O3S/c11-9-5-14-4-8(10(9)15)6-1-7(3-13-2-6)18(12,16)17/h1-5H,(H,14,15)(H2,12,16,17). The Balaban J connectivity index is 2.62. The molecule has 0 spiro atoms. The minimum atomic E-state index is -3.85. The highest BCUT2D eigenvalue weighted by molar-refractivity contribution is 7.89. The van der Waals surface area contributed by atoms with Crippen LogP contribution in [0, 0.1) is 0 Å². The van der Waals surface area contributed by atoms with Crippen LogP contribution in [-0.2, 0) is 10.0 Å². The average Bonchev–Trinajstić information content (AvgIpc) is 2.32. The van der Waals surface area contributed by atoms with Crippen LogP contribution in [0.5, 0.6) is 5.75 Å². The Morgan fingerprint density at radius 3 is 2.50 bits per heavy atom. The lowest BCUT2D eigenvalue weighted by molar-refractivity contribution is 0.477. The van der Waals surface area contributed by atoms with E-state index in [1.54, 1.807) is 0 Å². The van der Waals surface area contributed by atoms with E-state index in [-0.39, 0.29) is 21.2 Å². The van der Waals surface area contributed by atoms with Gasteiger partial charge in [0, 0.05) is 35.9 Å². The average molecular weight is 286 g/mol. The third-order valence-corrected chi connectivity index (χ3v) is 3.38. The number of aromatic nitrogens is 2. The van der Waals surface area contributed by atoms with Crippen molar-refractivity contribution in [3.63, 3.8) is 0 Å². The van der Waals surface area contributed by atoms with Crippen molar-refractivity contribution in [1.29, 1.82) is 0 Å². The molecular weight excluding hydrogens is 278 g/mol. The number of hydrogen-bond acceptors (Lipinski definition) is 5. The topological polar surface area (TPSA) is 106 Å². The zero-order valence-corrected chi connectivity index (χ0v) is 10.5. The summed E-state index contributed by atoms with van der Waals surface area (Å²) in [7, 11) is -3.85. The molecule has 6 nitrogen and oxygen atoms in total. The molecule has 0 unspecified atom stereocenters. The third-order valence-electron chi connectivity index (χ3n) is 2.23. The number of primary sulfonamides is 1. The highest BCUT2D eigenvalue weighted by atomic mass is 35.5. The van der Waals surface area contributed by atoms with E-state index in [2.05, 4.69) is 9.97 Å². The molecule has 2 rings (SSSR count). The van der Waals surface area contributed by atoms with Crippen LogP contribution in [-0.4, -0.2) is 23.5 Å². The van der Waals surface area contributed by atoms with Gasteiger partial charge in [-0.1, -0.05) is 11.6 Å². The normalized spacial score (nSPS) is 11.4. The molecule has 3 N–H and O–H groups in total. The molecule has 2 heterocycles. The summed E-state index contributed by atoms with van der Waals surface area (Å²) in [6.07, 6.45) is 5.12. The second kappa shape index (κ2) is 4.52. The number of rotatable bonds is 2. The van der Waals surface area contributed by atoms with Crippen molar-refractivity contribution in [3.05, 3.63) is 35.9 Å². The van der Waals surface area contributed by atoms with Crippen molar-refractivity contribution in [2.45, 2.75) is 4.90 Å². The fourth-order valence-corrected chi connectivity index (χ4v) is 2.02. The van der Waals surface area contributed by atoms with Gasteiger partial charge in [-0.2, -0.15) is 0 Å². The summed E-state index contributed by atoms with van der Waals surface area (Å²) in [5, 5.41) is 14.8. The van der Waals surface area contributed by atoms with E-state index in [1.165, 1.54) is 24.7 Å². The predicted octanol–water partition coefficient (Wildman–Crippen LogP) is 1.15. The molecule has 94 valence electrons. The summed E-state index contributed by atoms with van der Waals surface area (Å²) >= 11 is 5.72. The van der Waals surface area contributed by atoms with Crippen molar-refractivity contribution in [2.75, 3.05) is 0 Å². The Morgan fingerprint density at radius 1 is 1.17 bits per heavy atom. The molecule has 0 fully saturated rings. The number of halogens is 1. The van der Waals surface area contributed by atoms with Crippen LogP contribution >= 0.6 is 11.6 Å². The van der Waals surface area contributed by atoms with Gasteiger partial charge in [-0.3, -0.25) is 9.97 Å². The number of pyridine rings is 2. The Hall–Kier alpha value is -1.70. The highest BCUT2D eigenvalue weighted by Crippen LogP contribution is 2.34. The van der Waals surface area contributed by atoms with Gasteiger partial charge in [-0.05, 0) is 6.07 Å². The van der Waals surface area contributed by atoms with E-state index in [9.17, 15) is 13.5 Å². The summed E-state index contributed by atoms with van der Waals surface area (Å²) in [6, 6.07) is 1.29. The molecule has 0 atom stereocenters. The molecule has 2 aromatic heterocycles. The van der Waals surface area contributed by atoms with Crippen molar-refractivity contribution < 1.29 is 13.5 Å². The molecule has 0 saturated heterocycles. The summed E-state index contributed by atoms with van der Waals surface area (Å²) in [5.41, 5.74) is 0.634. The first kappa shape index (κ1) is 12.7. The Labute approximate surface area is 108 Å². The molecule has 0 amide bonds. The molecule has 2 aromatic rings. The first-order chi connectivity index (χ1) is 8.39. The lowest BCUT2D eigenvalue weighted by Gasteiger charge is -2.06. The van der Waals surface area contributed by atoms with Crippen LogP contribution in [0.15, 0.2) is 35.7 Å². The quantitative estimate of drug-likeness (QED) is 0.861. The molecule has 0 saturated carbocycles. The van der Waals surface area contributed by atoms with Gasteiger partial charge in [-0.15, -0.1) is 0 Å². The molecule has 0 aliphatic carbocycles. The molecule has 18 heavy (non-hydrogen) atoms. The molecular formula is C10H8ClN3O3S. The van der Waals surface area contributed by atoms with Gasteiger partial charge in [0.2, 0.25) is 10.0 Å². The summed E-state index contributed by atoms with van der Waals surface area (Å²) in [4.78, 5) is 7.42. The van der Waals surface area contributed by atoms with E-state index >= 15 is 0 Å². The maximum Gasteiger partial charge on any atom is 0.239 e. The predicted molar refractivity (Wildman–Crippen MR) is 65.5 cm³/mol. The lowest BCUT2D eigenvalue weighted by Crippen LogP contribution is -2.12. The smallest absolute Gasteiger partial charge is 0.239 e. The first-order valence-corrected chi connectivity index (χ1v) is 6.62. The van der Waals surface area contributed by atoms with E-state index in [0.29, 0.717) is 5.56 Å².